The van der Waals surface area contributed by atoms with Crippen LogP contribution in [0.5, 0.6) is 0 Å². The molecule has 1 saturated heterocycles. The molecule has 31 heavy (non-hydrogen) atoms. The minimum absolute atomic E-state index is 0.0204. The monoisotopic (exact) mass is 464 g/mol. The van der Waals surface area contributed by atoms with E-state index in [1.54, 1.807) is 4.90 Å². The van der Waals surface area contributed by atoms with Gasteiger partial charge >= 0.3 is 0 Å². The number of anilines is 2. The summed E-state index contributed by atoms with van der Waals surface area (Å²) in [5.41, 5.74) is 1.49. The van der Waals surface area contributed by atoms with Gasteiger partial charge in [-0.25, -0.2) is 8.42 Å². The molecule has 2 aromatic rings. The predicted octanol–water partition coefficient (Wildman–Crippen LogP) is 2.31. The number of hydrogen-bond acceptors (Lipinski definition) is 5. The Hall–Kier alpha value is -2.62. The Kier molecular flexibility index (Phi) is 7.19. The van der Waals surface area contributed by atoms with Crippen LogP contribution in [0.1, 0.15) is 13.8 Å². The molecule has 2 amide bonds. The SMILES string of the molecule is CC(=O)Nc1ccc(S(=O)(=O)N[C@@H](C)C(=O)N2CCN(c3cccc(Cl)c3)CC2)cc1. The van der Waals surface area contributed by atoms with Gasteiger partial charge < -0.3 is 15.1 Å². The van der Waals surface area contributed by atoms with E-state index in [0.29, 0.717) is 36.9 Å². The van der Waals surface area contributed by atoms with Crippen LogP contribution in [0, 0.1) is 0 Å². The number of benzene rings is 2. The number of carbonyl (C=O) groups excluding carboxylic acids is 2. The van der Waals surface area contributed by atoms with Crippen molar-refractivity contribution in [3.8, 4) is 0 Å². The maximum absolute atomic E-state index is 12.8. The van der Waals surface area contributed by atoms with Gasteiger partial charge in [0, 0.05) is 49.5 Å². The molecule has 0 spiro atoms. The van der Waals surface area contributed by atoms with Crippen molar-refractivity contribution in [3.05, 3.63) is 53.6 Å². The lowest BCUT2D eigenvalue weighted by Gasteiger charge is -2.37. The van der Waals surface area contributed by atoms with E-state index in [9.17, 15) is 18.0 Å². The van der Waals surface area contributed by atoms with E-state index in [1.807, 2.05) is 24.3 Å². The van der Waals surface area contributed by atoms with Crippen molar-refractivity contribution in [2.45, 2.75) is 24.8 Å². The minimum atomic E-state index is -3.88. The molecule has 0 aromatic heterocycles. The number of carbonyl (C=O) groups is 2. The zero-order valence-electron chi connectivity index (χ0n) is 17.3. The first-order valence-electron chi connectivity index (χ1n) is 9.85. The van der Waals surface area contributed by atoms with E-state index < -0.39 is 16.1 Å². The standard InChI is InChI=1S/C21H25ClN4O4S/c1-15(24-31(29,30)20-8-6-18(7-9-20)23-16(2)27)21(28)26-12-10-25(11-13-26)19-5-3-4-17(22)14-19/h3-9,14-15,24H,10-13H2,1-2H3,(H,23,27)/t15-/m0/s1. The van der Waals surface area contributed by atoms with Crippen LogP contribution >= 0.6 is 11.6 Å². The van der Waals surface area contributed by atoms with Gasteiger partial charge in [0.25, 0.3) is 0 Å². The van der Waals surface area contributed by atoms with E-state index in [-0.39, 0.29) is 16.7 Å². The lowest BCUT2D eigenvalue weighted by Crippen LogP contribution is -2.54. The molecule has 0 saturated carbocycles. The summed E-state index contributed by atoms with van der Waals surface area (Å²) in [6, 6.07) is 12.4. The summed E-state index contributed by atoms with van der Waals surface area (Å²) in [6.45, 7) is 5.15. The third-order valence-corrected chi connectivity index (χ3v) is 6.74. The van der Waals surface area contributed by atoms with Crippen LogP contribution in [0.25, 0.3) is 0 Å². The van der Waals surface area contributed by atoms with Crippen LogP contribution in [0.4, 0.5) is 11.4 Å². The molecule has 1 aliphatic heterocycles. The summed E-state index contributed by atoms with van der Waals surface area (Å²) < 4.78 is 27.7. The van der Waals surface area contributed by atoms with E-state index in [4.69, 9.17) is 11.6 Å². The van der Waals surface area contributed by atoms with Crippen LogP contribution in [0.3, 0.4) is 0 Å². The fraction of sp³-hybridized carbons (Fsp3) is 0.333. The second-order valence-electron chi connectivity index (χ2n) is 7.34. The van der Waals surface area contributed by atoms with Crippen molar-refractivity contribution in [1.82, 2.24) is 9.62 Å². The topological polar surface area (TPSA) is 98.8 Å². The molecule has 10 heteroatoms. The van der Waals surface area contributed by atoms with E-state index in [2.05, 4.69) is 14.9 Å². The van der Waals surface area contributed by atoms with Crippen molar-refractivity contribution >= 4 is 44.8 Å². The highest BCUT2D eigenvalue weighted by atomic mass is 35.5. The molecule has 0 unspecified atom stereocenters. The average Bonchev–Trinajstić information content (AvgIpc) is 2.73. The quantitative estimate of drug-likeness (QED) is 0.683. The van der Waals surface area contributed by atoms with Gasteiger partial charge in [-0.1, -0.05) is 17.7 Å². The number of sulfonamides is 1. The van der Waals surface area contributed by atoms with Gasteiger partial charge in [0.1, 0.15) is 0 Å². The molecule has 1 atom stereocenters. The zero-order chi connectivity index (χ0) is 22.6. The van der Waals surface area contributed by atoms with Gasteiger partial charge in [-0.3, -0.25) is 9.59 Å². The molecule has 1 heterocycles. The number of nitrogens with zero attached hydrogens (tertiary/aromatic N) is 2. The molecule has 0 bridgehead atoms. The molecule has 166 valence electrons. The minimum Gasteiger partial charge on any atom is -0.368 e. The maximum atomic E-state index is 12.8. The Morgan fingerprint density at radius 1 is 1.03 bits per heavy atom. The highest BCUT2D eigenvalue weighted by Gasteiger charge is 2.28. The van der Waals surface area contributed by atoms with Crippen LogP contribution in [-0.4, -0.2) is 57.4 Å². The first-order chi connectivity index (χ1) is 14.7. The highest BCUT2D eigenvalue weighted by molar-refractivity contribution is 7.89. The first-order valence-corrected chi connectivity index (χ1v) is 11.7. The lowest BCUT2D eigenvalue weighted by atomic mass is 10.2. The van der Waals surface area contributed by atoms with Crippen LogP contribution in [0.15, 0.2) is 53.4 Å². The number of halogens is 1. The highest BCUT2D eigenvalue weighted by Crippen LogP contribution is 2.21. The van der Waals surface area contributed by atoms with Crippen molar-refractivity contribution in [2.24, 2.45) is 0 Å². The molecule has 2 N–H and O–H groups in total. The van der Waals surface area contributed by atoms with Crippen LogP contribution in [-0.2, 0) is 19.6 Å². The fourth-order valence-electron chi connectivity index (χ4n) is 3.40. The Labute approximate surface area is 187 Å². The van der Waals surface area contributed by atoms with E-state index in [0.717, 1.165) is 5.69 Å². The third-order valence-electron chi connectivity index (χ3n) is 4.95. The number of piperazine rings is 1. The van der Waals surface area contributed by atoms with Gasteiger partial charge in [0.2, 0.25) is 21.8 Å². The first kappa shape index (κ1) is 23.1. The van der Waals surface area contributed by atoms with Gasteiger partial charge in [-0.05, 0) is 49.4 Å². The third kappa shape index (κ3) is 5.96. The Morgan fingerprint density at radius 2 is 1.68 bits per heavy atom. The molecule has 0 radical (unpaired) electrons. The second-order valence-corrected chi connectivity index (χ2v) is 9.49. The summed E-state index contributed by atoms with van der Waals surface area (Å²) >= 11 is 6.05. The molecule has 2 aromatic carbocycles. The zero-order valence-corrected chi connectivity index (χ0v) is 18.9. The summed E-state index contributed by atoms with van der Waals surface area (Å²) in [4.78, 5) is 27.7. The normalized spacial score (nSPS) is 15.5. The fourth-order valence-corrected chi connectivity index (χ4v) is 4.78. The van der Waals surface area contributed by atoms with Crippen LogP contribution in [0.2, 0.25) is 5.02 Å². The second kappa shape index (κ2) is 9.67. The van der Waals surface area contributed by atoms with Crippen molar-refractivity contribution in [2.75, 3.05) is 36.4 Å². The molecule has 1 aliphatic rings. The van der Waals surface area contributed by atoms with Crippen molar-refractivity contribution in [1.29, 1.82) is 0 Å². The summed E-state index contributed by atoms with van der Waals surface area (Å²) in [5.74, 6) is -0.521. The van der Waals surface area contributed by atoms with Gasteiger partial charge in [-0.2, -0.15) is 4.72 Å². The Bertz CT molecular complexity index is 1050. The molecular formula is C21H25ClN4O4S. The van der Waals surface area contributed by atoms with Crippen molar-refractivity contribution in [3.63, 3.8) is 0 Å². The number of amides is 2. The smallest absolute Gasteiger partial charge is 0.241 e. The van der Waals surface area contributed by atoms with E-state index in [1.165, 1.54) is 38.1 Å². The molecular weight excluding hydrogens is 440 g/mol. The summed E-state index contributed by atoms with van der Waals surface area (Å²) in [7, 11) is -3.88. The molecule has 1 fully saturated rings. The largest absolute Gasteiger partial charge is 0.368 e. The lowest BCUT2D eigenvalue weighted by molar-refractivity contribution is -0.132. The predicted molar refractivity (Wildman–Crippen MR) is 121 cm³/mol. The number of nitrogens with one attached hydrogen (secondary N) is 2. The summed E-state index contributed by atoms with van der Waals surface area (Å²) in [6.07, 6.45) is 0. The van der Waals surface area contributed by atoms with Crippen molar-refractivity contribution < 1.29 is 18.0 Å². The molecule has 8 nitrogen and oxygen atoms in total. The Morgan fingerprint density at radius 3 is 2.26 bits per heavy atom. The Balaban J connectivity index is 1.58. The number of hydrogen-bond donors (Lipinski definition) is 2. The average molecular weight is 465 g/mol. The van der Waals surface area contributed by atoms with E-state index >= 15 is 0 Å². The van der Waals surface area contributed by atoms with Gasteiger partial charge in [0.05, 0.1) is 10.9 Å². The van der Waals surface area contributed by atoms with Gasteiger partial charge in [-0.15, -0.1) is 0 Å². The molecule has 0 aliphatic carbocycles. The maximum Gasteiger partial charge on any atom is 0.241 e. The van der Waals surface area contributed by atoms with Gasteiger partial charge in [0.15, 0.2) is 0 Å². The summed E-state index contributed by atoms with van der Waals surface area (Å²) in [5, 5.41) is 3.23. The molecule has 3 rings (SSSR count). The van der Waals surface area contributed by atoms with Crippen LogP contribution < -0.4 is 14.9 Å². The number of rotatable bonds is 6.